The van der Waals surface area contributed by atoms with E-state index in [2.05, 4.69) is 9.47 Å². The average molecular weight is 460 g/mol. The quantitative estimate of drug-likeness (QED) is 0.190. The molecule has 0 bridgehead atoms. The number of halogens is 8. The number of hydrogen-bond donors (Lipinski definition) is 0. The maximum atomic E-state index is 13.5. The Kier molecular flexibility index (Phi) is 7.65. The minimum atomic E-state index is -5.20. The van der Waals surface area contributed by atoms with Crippen molar-refractivity contribution in [2.75, 3.05) is 13.7 Å². The molecule has 0 amide bonds. The largest absolute Gasteiger partial charge is 0.514 e. The number of ether oxygens (including phenoxy) is 4. The van der Waals surface area contributed by atoms with Crippen LogP contribution in [-0.2, 0) is 16.1 Å². The summed E-state index contributed by atoms with van der Waals surface area (Å²) in [6.07, 6.45) is -10.5. The second-order valence-electron chi connectivity index (χ2n) is 5.76. The van der Waals surface area contributed by atoms with Crippen LogP contribution in [0.1, 0.15) is 5.56 Å². The van der Waals surface area contributed by atoms with Crippen molar-refractivity contribution in [3.63, 3.8) is 0 Å². The first-order valence-corrected chi connectivity index (χ1v) is 8.13. The summed E-state index contributed by atoms with van der Waals surface area (Å²) in [5.41, 5.74) is 0.436. The molecule has 0 fully saturated rings. The third kappa shape index (κ3) is 5.96. The van der Waals surface area contributed by atoms with Gasteiger partial charge in [0.15, 0.2) is 0 Å². The fraction of sp³-hybridized carbons (Fsp3) is 0.278. The monoisotopic (exact) mass is 460 g/mol. The molecule has 1 atom stereocenters. The highest BCUT2D eigenvalue weighted by atomic mass is 19.4. The highest BCUT2D eigenvalue weighted by molar-refractivity contribution is 5.64. The predicted molar refractivity (Wildman–Crippen MR) is 85.8 cm³/mol. The maximum absolute atomic E-state index is 13.5. The summed E-state index contributed by atoms with van der Waals surface area (Å²) >= 11 is 0. The van der Waals surface area contributed by atoms with Gasteiger partial charge in [0.2, 0.25) is 40.9 Å². The van der Waals surface area contributed by atoms with Crippen molar-refractivity contribution in [3.05, 3.63) is 58.9 Å². The number of methoxy groups -OCH3 is 1. The average Bonchev–Trinajstić information content (AvgIpc) is 2.73. The number of carbonyl (C=O) groups excluding carboxylic acids is 1. The van der Waals surface area contributed by atoms with Crippen LogP contribution in [0.25, 0.3) is 0 Å². The van der Waals surface area contributed by atoms with E-state index in [1.165, 1.54) is 31.4 Å². The molecule has 0 spiro atoms. The molecule has 0 saturated heterocycles. The number of hydrogen-bond acceptors (Lipinski definition) is 5. The van der Waals surface area contributed by atoms with Gasteiger partial charge in [-0.1, -0.05) is 12.1 Å². The van der Waals surface area contributed by atoms with Gasteiger partial charge in [-0.15, -0.1) is 0 Å². The highest BCUT2D eigenvalue weighted by Crippen LogP contribution is 2.30. The van der Waals surface area contributed by atoms with Crippen molar-refractivity contribution in [2.45, 2.75) is 18.9 Å². The van der Waals surface area contributed by atoms with Crippen LogP contribution in [0, 0.1) is 29.1 Å². The summed E-state index contributed by atoms with van der Waals surface area (Å²) in [7, 11) is 1.41. The number of alkyl halides is 3. The van der Waals surface area contributed by atoms with Crippen molar-refractivity contribution >= 4 is 6.16 Å². The zero-order valence-electron chi connectivity index (χ0n) is 15.4. The third-order valence-electron chi connectivity index (χ3n) is 3.66. The molecule has 0 radical (unpaired) electrons. The van der Waals surface area contributed by atoms with Gasteiger partial charge in [-0.25, -0.2) is 18.0 Å². The molecule has 0 aliphatic heterocycles. The fourth-order valence-corrected chi connectivity index (χ4v) is 2.10. The van der Waals surface area contributed by atoms with Crippen LogP contribution in [-0.4, -0.2) is 32.2 Å². The predicted octanol–water partition coefficient (Wildman–Crippen LogP) is 5.05. The van der Waals surface area contributed by atoms with E-state index in [1.54, 1.807) is 0 Å². The molecule has 0 heterocycles. The first-order valence-electron chi connectivity index (χ1n) is 8.13. The lowest BCUT2D eigenvalue weighted by Gasteiger charge is -2.20. The Hall–Kier alpha value is -3.09. The van der Waals surface area contributed by atoms with E-state index in [9.17, 15) is 39.9 Å². The van der Waals surface area contributed by atoms with Gasteiger partial charge >= 0.3 is 12.3 Å². The van der Waals surface area contributed by atoms with Gasteiger partial charge < -0.3 is 18.9 Å². The third-order valence-corrected chi connectivity index (χ3v) is 3.66. The highest BCUT2D eigenvalue weighted by Gasteiger charge is 2.44. The van der Waals surface area contributed by atoms with Gasteiger partial charge in [0, 0.05) is 0 Å². The zero-order chi connectivity index (χ0) is 23.3. The van der Waals surface area contributed by atoms with Crippen LogP contribution < -0.4 is 9.47 Å². The van der Waals surface area contributed by atoms with Crippen LogP contribution in [0.5, 0.6) is 11.5 Å². The van der Waals surface area contributed by atoms with Crippen LogP contribution >= 0.6 is 0 Å². The van der Waals surface area contributed by atoms with Gasteiger partial charge in [-0.3, -0.25) is 0 Å². The van der Waals surface area contributed by atoms with Crippen LogP contribution in [0.3, 0.4) is 0 Å². The normalized spacial score (nSPS) is 12.4. The minimum absolute atomic E-state index is 0.341. The molecule has 2 rings (SSSR count). The summed E-state index contributed by atoms with van der Waals surface area (Å²) in [5, 5.41) is 0. The lowest BCUT2D eigenvalue weighted by Crippen LogP contribution is -2.38. The lowest BCUT2D eigenvalue weighted by molar-refractivity contribution is -0.221. The zero-order valence-corrected chi connectivity index (χ0v) is 15.4. The lowest BCUT2D eigenvalue weighted by atomic mass is 10.2. The van der Waals surface area contributed by atoms with E-state index in [0.717, 1.165) is 0 Å². The molecule has 2 aromatic carbocycles. The summed E-state index contributed by atoms with van der Waals surface area (Å²) in [5.74, 6) is -14.2. The van der Waals surface area contributed by atoms with Gasteiger partial charge in [-0.05, 0) is 17.7 Å². The molecular weight excluding hydrogens is 448 g/mol. The molecule has 170 valence electrons. The van der Waals surface area contributed by atoms with Crippen LogP contribution in [0.15, 0.2) is 24.3 Å². The van der Waals surface area contributed by atoms with Crippen LogP contribution in [0.4, 0.5) is 39.9 Å². The van der Waals surface area contributed by atoms with Gasteiger partial charge in [-0.2, -0.15) is 22.0 Å². The van der Waals surface area contributed by atoms with Gasteiger partial charge in [0.1, 0.15) is 5.75 Å². The number of carbonyl (C=O) groups is 1. The Labute approximate surface area is 169 Å². The topological polar surface area (TPSA) is 54.0 Å². The van der Waals surface area contributed by atoms with E-state index in [0.29, 0.717) is 11.3 Å². The molecule has 13 heteroatoms. The number of benzene rings is 2. The fourth-order valence-electron chi connectivity index (χ4n) is 2.10. The first-order chi connectivity index (χ1) is 14.5. The Bertz CT molecular complexity index is 901. The second-order valence-corrected chi connectivity index (χ2v) is 5.76. The summed E-state index contributed by atoms with van der Waals surface area (Å²) < 4.78 is 123. The van der Waals surface area contributed by atoms with Gasteiger partial charge in [0.25, 0.3) is 0 Å². The Morgan fingerprint density at radius 3 is 1.90 bits per heavy atom. The minimum Gasteiger partial charge on any atom is -0.497 e. The molecule has 0 aromatic heterocycles. The Morgan fingerprint density at radius 1 is 0.903 bits per heavy atom. The van der Waals surface area contributed by atoms with Crippen molar-refractivity contribution in [3.8, 4) is 11.5 Å². The van der Waals surface area contributed by atoms with E-state index in [4.69, 9.17) is 9.47 Å². The molecule has 31 heavy (non-hydrogen) atoms. The van der Waals surface area contributed by atoms with E-state index < -0.39 is 59.9 Å². The second kappa shape index (κ2) is 9.81. The Morgan fingerprint density at radius 2 is 1.42 bits per heavy atom. The smallest absolute Gasteiger partial charge is 0.497 e. The van der Waals surface area contributed by atoms with Gasteiger partial charge in [0.05, 0.1) is 20.3 Å². The van der Waals surface area contributed by atoms with E-state index in [1.807, 2.05) is 0 Å². The van der Waals surface area contributed by atoms with Crippen molar-refractivity contribution in [2.24, 2.45) is 0 Å². The summed E-state index contributed by atoms with van der Waals surface area (Å²) in [4.78, 5) is 11.5. The Balaban J connectivity index is 2.05. The van der Waals surface area contributed by atoms with Crippen molar-refractivity contribution in [1.82, 2.24) is 0 Å². The molecule has 0 aliphatic carbocycles. The van der Waals surface area contributed by atoms with Crippen molar-refractivity contribution in [1.29, 1.82) is 0 Å². The summed E-state index contributed by atoms with van der Waals surface area (Å²) in [6.45, 7) is -1.59. The maximum Gasteiger partial charge on any atom is 0.514 e. The van der Waals surface area contributed by atoms with Crippen LogP contribution in [0.2, 0.25) is 0 Å². The van der Waals surface area contributed by atoms with E-state index >= 15 is 0 Å². The standard InChI is InChI=1S/C18H12F8O5/c1-28-9-4-2-8(3-5-9)6-29-7-10(18(24,25)26)30-17(27)31-16-14(22)12(20)11(19)13(21)15(16)23/h2-5,10H,6-7H2,1H3/t10-/m1/s1. The summed E-state index contributed by atoms with van der Waals surface area (Å²) in [6, 6.07) is 6.00. The molecule has 2 aromatic rings. The molecule has 0 unspecified atom stereocenters. The van der Waals surface area contributed by atoms with Crippen molar-refractivity contribution < 1.29 is 58.9 Å². The molecular formula is C18H12F8O5. The first kappa shape index (κ1) is 24.2. The number of rotatable bonds is 7. The van der Waals surface area contributed by atoms with E-state index in [-0.39, 0.29) is 6.61 Å². The molecule has 0 saturated carbocycles. The SMILES string of the molecule is COc1ccc(COC[C@@H](OC(=O)Oc2c(F)c(F)c(F)c(F)c2F)C(F)(F)F)cc1. The molecule has 0 aliphatic rings. The molecule has 0 N–H and O–H groups in total. The molecule has 5 nitrogen and oxygen atoms in total.